The molecule has 0 fully saturated rings. The summed E-state index contributed by atoms with van der Waals surface area (Å²) in [5, 5.41) is 9.77. The molecular formula is C9H13NO2S. The number of carboxylic acid groups (broad SMARTS) is 1. The number of rotatable bonds is 3. The van der Waals surface area contributed by atoms with Crippen LogP contribution in [0.5, 0.6) is 0 Å². The van der Waals surface area contributed by atoms with E-state index in [0.717, 1.165) is 22.0 Å². The van der Waals surface area contributed by atoms with Crippen LogP contribution in [0.25, 0.3) is 0 Å². The minimum absolute atomic E-state index is 0.486. The number of hydrogen-bond donors (Lipinski definition) is 1. The normalized spacial score (nSPS) is 12.8. The fraction of sp³-hybridized carbons (Fsp3) is 0.556. The Hall–Kier alpha value is -0.900. The predicted octanol–water partition coefficient (Wildman–Crippen LogP) is 2.20. The van der Waals surface area contributed by atoms with Crippen molar-refractivity contribution >= 4 is 17.3 Å². The lowest BCUT2D eigenvalue weighted by atomic mass is 10.1. The summed E-state index contributed by atoms with van der Waals surface area (Å²) in [6.07, 6.45) is 0.860. The zero-order valence-corrected chi connectivity index (χ0v) is 8.81. The van der Waals surface area contributed by atoms with Gasteiger partial charge < -0.3 is 5.11 Å². The van der Waals surface area contributed by atoms with Crippen LogP contribution in [0.1, 0.15) is 35.3 Å². The van der Waals surface area contributed by atoms with Gasteiger partial charge in [0.1, 0.15) is 0 Å². The van der Waals surface area contributed by atoms with E-state index in [9.17, 15) is 4.79 Å². The van der Waals surface area contributed by atoms with Crippen LogP contribution >= 0.6 is 11.3 Å². The maximum Gasteiger partial charge on any atom is 0.312 e. The second-order valence-electron chi connectivity index (χ2n) is 2.95. The van der Waals surface area contributed by atoms with Gasteiger partial charge in [-0.2, -0.15) is 0 Å². The molecule has 1 heterocycles. The number of carboxylic acids is 1. The molecule has 0 amide bonds. The first-order valence-electron chi connectivity index (χ1n) is 4.25. The average Bonchev–Trinajstić information content (AvgIpc) is 2.45. The van der Waals surface area contributed by atoms with E-state index in [2.05, 4.69) is 4.98 Å². The molecule has 1 aromatic heterocycles. The third-order valence-electron chi connectivity index (χ3n) is 1.94. The van der Waals surface area contributed by atoms with Gasteiger partial charge in [0, 0.05) is 4.88 Å². The number of aryl methyl sites for hydroxylation is 2. The first-order chi connectivity index (χ1) is 6.06. The van der Waals surface area contributed by atoms with E-state index < -0.39 is 11.9 Å². The summed E-state index contributed by atoms with van der Waals surface area (Å²) < 4.78 is 0. The van der Waals surface area contributed by atoms with Crippen molar-refractivity contribution in [1.82, 2.24) is 4.98 Å². The van der Waals surface area contributed by atoms with E-state index in [1.54, 1.807) is 18.3 Å². The highest BCUT2D eigenvalue weighted by Crippen LogP contribution is 2.25. The molecule has 0 aliphatic rings. The minimum Gasteiger partial charge on any atom is -0.481 e. The maximum atomic E-state index is 10.7. The Morgan fingerprint density at radius 3 is 2.77 bits per heavy atom. The zero-order valence-electron chi connectivity index (χ0n) is 8.00. The Morgan fingerprint density at radius 1 is 1.69 bits per heavy atom. The second-order valence-corrected chi connectivity index (χ2v) is 4.24. The van der Waals surface area contributed by atoms with E-state index in [1.165, 1.54) is 0 Å². The summed E-state index contributed by atoms with van der Waals surface area (Å²) in [5.74, 6) is -1.29. The van der Waals surface area contributed by atoms with E-state index in [1.807, 2.05) is 13.8 Å². The zero-order chi connectivity index (χ0) is 10.0. The Kier molecular flexibility index (Phi) is 3.03. The third-order valence-corrected chi connectivity index (χ3v) is 3.07. The molecule has 4 heteroatoms. The van der Waals surface area contributed by atoms with Crippen LogP contribution in [0.15, 0.2) is 0 Å². The lowest BCUT2D eigenvalue weighted by molar-refractivity contribution is -0.138. The summed E-state index contributed by atoms with van der Waals surface area (Å²) in [7, 11) is 0. The SMILES string of the molecule is CCc1sc(C)nc1C(C)C(=O)O. The average molecular weight is 199 g/mol. The first-order valence-corrected chi connectivity index (χ1v) is 5.07. The van der Waals surface area contributed by atoms with Crippen LogP contribution in [0.2, 0.25) is 0 Å². The monoisotopic (exact) mass is 199 g/mol. The lowest BCUT2D eigenvalue weighted by Crippen LogP contribution is -2.09. The fourth-order valence-electron chi connectivity index (χ4n) is 1.19. The quantitative estimate of drug-likeness (QED) is 0.811. The molecule has 0 aromatic carbocycles. The fourth-order valence-corrected chi connectivity index (χ4v) is 2.17. The summed E-state index contributed by atoms with van der Waals surface area (Å²) in [6.45, 7) is 5.60. The van der Waals surface area contributed by atoms with Crippen LogP contribution in [-0.2, 0) is 11.2 Å². The summed E-state index contributed by atoms with van der Waals surface area (Å²) in [4.78, 5) is 16.1. The minimum atomic E-state index is -0.806. The Labute approximate surface area is 81.4 Å². The van der Waals surface area contributed by atoms with Gasteiger partial charge in [-0.1, -0.05) is 6.92 Å². The summed E-state index contributed by atoms with van der Waals surface area (Å²) >= 11 is 1.59. The van der Waals surface area contributed by atoms with E-state index in [-0.39, 0.29) is 0 Å². The first kappa shape index (κ1) is 10.2. The molecule has 0 aliphatic carbocycles. The van der Waals surface area contributed by atoms with Crippen molar-refractivity contribution in [3.63, 3.8) is 0 Å². The molecule has 0 aliphatic heterocycles. The lowest BCUT2D eigenvalue weighted by Gasteiger charge is -2.03. The van der Waals surface area contributed by atoms with Gasteiger partial charge in [-0.15, -0.1) is 11.3 Å². The molecule has 3 nitrogen and oxygen atoms in total. The van der Waals surface area contributed by atoms with Gasteiger partial charge in [0.2, 0.25) is 0 Å². The topological polar surface area (TPSA) is 50.2 Å². The highest BCUT2D eigenvalue weighted by atomic mass is 32.1. The third kappa shape index (κ3) is 2.06. The largest absolute Gasteiger partial charge is 0.481 e. The van der Waals surface area contributed by atoms with Gasteiger partial charge in [0.15, 0.2) is 0 Å². The number of nitrogens with zero attached hydrogens (tertiary/aromatic N) is 1. The van der Waals surface area contributed by atoms with E-state index in [4.69, 9.17) is 5.11 Å². The maximum absolute atomic E-state index is 10.7. The van der Waals surface area contributed by atoms with Gasteiger partial charge in [-0.3, -0.25) is 4.79 Å². The molecule has 1 N–H and O–H groups in total. The number of aliphatic carboxylic acids is 1. The van der Waals surface area contributed by atoms with Crippen molar-refractivity contribution in [3.8, 4) is 0 Å². The number of thiazole rings is 1. The summed E-state index contributed by atoms with van der Waals surface area (Å²) in [5.41, 5.74) is 0.734. The molecule has 1 unspecified atom stereocenters. The molecule has 72 valence electrons. The molecule has 0 spiro atoms. The Balaban J connectivity index is 3.05. The van der Waals surface area contributed by atoms with Gasteiger partial charge in [0.05, 0.1) is 16.6 Å². The van der Waals surface area contributed by atoms with Gasteiger partial charge in [-0.25, -0.2) is 4.98 Å². The van der Waals surface area contributed by atoms with Crippen molar-refractivity contribution in [2.24, 2.45) is 0 Å². The van der Waals surface area contributed by atoms with Gasteiger partial charge >= 0.3 is 5.97 Å². The highest BCUT2D eigenvalue weighted by Gasteiger charge is 2.20. The number of carbonyl (C=O) groups is 1. The highest BCUT2D eigenvalue weighted by molar-refractivity contribution is 7.11. The van der Waals surface area contributed by atoms with E-state index in [0.29, 0.717) is 0 Å². The predicted molar refractivity (Wildman–Crippen MR) is 52.3 cm³/mol. The Bertz CT molecular complexity index is 319. The molecular weight excluding hydrogens is 186 g/mol. The van der Waals surface area contributed by atoms with Crippen LogP contribution < -0.4 is 0 Å². The van der Waals surface area contributed by atoms with Crippen molar-refractivity contribution in [2.75, 3.05) is 0 Å². The summed E-state index contributed by atoms with van der Waals surface area (Å²) in [6, 6.07) is 0. The van der Waals surface area contributed by atoms with Crippen LogP contribution in [0.4, 0.5) is 0 Å². The van der Waals surface area contributed by atoms with Crippen LogP contribution in [-0.4, -0.2) is 16.1 Å². The molecule has 13 heavy (non-hydrogen) atoms. The molecule has 0 saturated carbocycles. The Morgan fingerprint density at radius 2 is 2.31 bits per heavy atom. The molecule has 1 atom stereocenters. The van der Waals surface area contributed by atoms with Gasteiger partial charge in [-0.05, 0) is 20.3 Å². The van der Waals surface area contributed by atoms with E-state index >= 15 is 0 Å². The van der Waals surface area contributed by atoms with Crippen molar-refractivity contribution in [3.05, 3.63) is 15.6 Å². The standard InChI is InChI=1S/C9H13NO2S/c1-4-7-8(5(2)9(11)12)10-6(3)13-7/h5H,4H2,1-3H3,(H,11,12). The molecule has 0 radical (unpaired) electrons. The molecule has 1 aromatic rings. The van der Waals surface area contributed by atoms with Crippen molar-refractivity contribution < 1.29 is 9.90 Å². The van der Waals surface area contributed by atoms with Crippen molar-refractivity contribution in [1.29, 1.82) is 0 Å². The van der Waals surface area contributed by atoms with Crippen LogP contribution in [0, 0.1) is 6.92 Å². The molecule has 0 bridgehead atoms. The smallest absolute Gasteiger partial charge is 0.312 e. The van der Waals surface area contributed by atoms with Crippen LogP contribution in [0.3, 0.4) is 0 Å². The second kappa shape index (κ2) is 3.87. The van der Waals surface area contributed by atoms with Gasteiger partial charge in [0.25, 0.3) is 0 Å². The van der Waals surface area contributed by atoms with Crippen molar-refractivity contribution in [2.45, 2.75) is 33.1 Å². The number of hydrogen-bond acceptors (Lipinski definition) is 3. The molecule has 0 saturated heterocycles. The molecule has 1 rings (SSSR count). The number of aromatic nitrogens is 1.